The molecule has 0 heterocycles. The molecule has 5 heteroatoms. The van der Waals surface area contributed by atoms with Gasteiger partial charge >= 0.3 is 0 Å². The minimum Gasteiger partial charge on any atom is -0.387 e. The monoisotopic (exact) mass is 250 g/mol. The van der Waals surface area contributed by atoms with Crippen molar-refractivity contribution >= 4 is 11.8 Å². The normalized spacial score (nSPS) is 11.7. The molecule has 1 rings (SSSR count). The second kappa shape index (κ2) is 6.76. The predicted octanol–water partition coefficient (Wildman–Crippen LogP) is 0.281. The molecule has 1 aromatic rings. The highest BCUT2D eigenvalue weighted by Crippen LogP contribution is 2.13. The third-order valence-corrected chi connectivity index (χ3v) is 2.42. The molecule has 1 atom stereocenters. The zero-order valence-corrected chi connectivity index (χ0v) is 10.6. The first-order chi connectivity index (χ1) is 8.49. The lowest BCUT2D eigenvalue weighted by Crippen LogP contribution is -2.37. The number of aryl methyl sites for hydroxylation is 1. The van der Waals surface area contributed by atoms with Gasteiger partial charge in [0, 0.05) is 13.5 Å². The summed E-state index contributed by atoms with van der Waals surface area (Å²) in [6.07, 6.45) is -0.744. The third-order valence-electron chi connectivity index (χ3n) is 2.42. The van der Waals surface area contributed by atoms with E-state index >= 15 is 0 Å². The van der Waals surface area contributed by atoms with E-state index < -0.39 is 6.10 Å². The zero-order valence-electron chi connectivity index (χ0n) is 10.6. The molecule has 0 saturated carbocycles. The molecular formula is C13H18N2O3. The summed E-state index contributed by atoms with van der Waals surface area (Å²) in [4.78, 5) is 21.9. The maximum Gasteiger partial charge on any atom is 0.239 e. The molecule has 0 radical (unpaired) electrons. The number of hydrogen-bond acceptors (Lipinski definition) is 3. The number of carbonyl (C=O) groups excluding carboxylic acids is 2. The summed E-state index contributed by atoms with van der Waals surface area (Å²) in [5.41, 5.74) is 1.81. The SMILES string of the molecule is CC(=O)NCC(=O)NCC(O)c1cccc(C)c1. The summed E-state index contributed by atoms with van der Waals surface area (Å²) < 4.78 is 0. The van der Waals surface area contributed by atoms with Crippen LogP contribution in [0.3, 0.4) is 0 Å². The van der Waals surface area contributed by atoms with Gasteiger partial charge in [0.05, 0.1) is 12.6 Å². The van der Waals surface area contributed by atoms with Crippen LogP contribution in [0.2, 0.25) is 0 Å². The van der Waals surface area contributed by atoms with Crippen LogP contribution in [0.1, 0.15) is 24.2 Å². The number of amides is 2. The van der Waals surface area contributed by atoms with Crippen LogP contribution in [0.25, 0.3) is 0 Å². The summed E-state index contributed by atoms with van der Waals surface area (Å²) in [6.45, 7) is 3.33. The molecule has 3 N–H and O–H groups in total. The molecule has 0 spiro atoms. The maximum atomic E-state index is 11.3. The van der Waals surface area contributed by atoms with Crippen LogP contribution in [0.15, 0.2) is 24.3 Å². The van der Waals surface area contributed by atoms with E-state index in [0.717, 1.165) is 11.1 Å². The van der Waals surface area contributed by atoms with Crippen molar-refractivity contribution in [1.82, 2.24) is 10.6 Å². The van der Waals surface area contributed by atoms with E-state index in [9.17, 15) is 14.7 Å². The average molecular weight is 250 g/mol. The van der Waals surface area contributed by atoms with Crippen molar-refractivity contribution in [2.75, 3.05) is 13.1 Å². The van der Waals surface area contributed by atoms with Gasteiger partial charge in [0.15, 0.2) is 0 Å². The van der Waals surface area contributed by atoms with Crippen LogP contribution in [-0.4, -0.2) is 30.0 Å². The molecule has 1 aromatic carbocycles. The molecular weight excluding hydrogens is 232 g/mol. The van der Waals surface area contributed by atoms with E-state index in [2.05, 4.69) is 10.6 Å². The molecule has 98 valence electrons. The predicted molar refractivity (Wildman–Crippen MR) is 67.8 cm³/mol. The first kappa shape index (κ1) is 14.2. The molecule has 18 heavy (non-hydrogen) atoms. The minimum atomic E-state index is -0.744. The minimum absolute atomic E-state index is 0.0735. The quantitative estimate of drug-likeness (QED) is 0.702. The van der Waals surface area contributed by atoms with Crippen molar-refractivity contribution in [1.29, 1.82) is 0 Å². The number of aliphatic hydroxyl groups is 1. The van der Waals surface area contributed by atoms with E-state index in [1.54, 1.807) is 6.07 Å². The first-order valence-corrected chi connectivity index (χ1v) is 5.75. The number of rotatable bonds is 5. The molecule has 0 aromatic heterocycles. The van der Waals surface area contributed by atoms with Crippen molar-refractivity contribution in [3.63, 3.8) is 0 Å². The number of aliphatic hydroxyl groups excluding tert-OH is 1. The molecule has 0 aliphatic heterocycles. The van der Waals surface area contributed by atoms with Gasteiger partial charge in [-0.1, -0.05) is 29.8 Å². The number of carbonyl (C=O) groups is 2. The highest BCUT2D eigenvalue weighted by molar-refractivity contribution is 5.83. The van der Waals surface area contributed by atoms with Crippen LogP contribution < -0.4 is 10.6 Å². The molecule has 0 saturated heterocycles. The second-order valence-electron chi connectivity index (χ2n) is 4.14. The lowest BCUT2D eigenvalue weighted by atomic mass is 10.1. The van der Waals surface area contributed by atoms with Gasteiger partial charge in [-0.2, -0.15) is 0 Å². The van der Waals surface area contributed by atoms with E-state index in [1.807, 2.05) is 25.1 Å². The lowest BCUT2D eigenvalue weighted by molar-refractivity contribution is -0.125. The Morgan fingerprint density at radius 1 is 1.33 bits per heavy atom. The fourth-order valence-electron chi connectivity index (χ4n) is 1.47. The topological polar surface area (TPSA) is 78.4 Å². The highest BCUT2D eigenvalue weighted by atomic mass is 16.3. The molecule has 0 fully saturated rings. The fraction of sp³-hybridized carbons (Fsp3) is 0.385. The van der Waals surface area contributed by atoms with Crippen LogP contribution in [-0.2, 0) is 9.59 Å². The van der Waals surface area contributed by atoms with E-state index in [1.165, 1.54) is 6.92 Å². The van der Waals surface area contributed by atoms with Gasteiger partial charge in [0.1, 0.15) is 0 Å². The Kier molecular flexibility index (Phi) is 5.32. The van der Waals surface area contributed by atoms with Gasteiger partial charge < -0.3 is 15.7 Å². The lowest BCUT2D eigenvalue weighted by Gasteiger charge is -2.13. The van der Waals surface area contributed by atoms with Crippen LogP contribution in [0.4, 0.5) is 0 Å². The van der Waals surface area contributed by atoms with Crippen molar-refractivity contribution in [2.45, 2.75) is 20.0 Å². The number of nitrogens with one attached hydrogen (secondary N) is 2. The van der Waals surface area contributed by atoms with Gasteiger partial charge in [-0.25, -0.2) is 0 Å². The second-order valence-corrected chi connectivity index (χ2v) is 4.14. The zero-order chi connectivity index (χ0) is 13.5. The molecule has 5 nitrogen and oxygen atoms in total. The summed E-state index contributed by atoms with van der Waals surface area (Å²) in [7, 11) is 0. The molecule has 0 bridgehead atoms. The standard InChI is InChI=1S/C13H18N2O3/c1-9-4-3-5-11(6-9)12(17)7-15-13(18)8-14-10(2)16/h3-6,12,17H,7-8H2,1-2H3,(H,14,16)(H,15,18). The molecule has 2 amide bonds. The number of hydrogen-bond donors (Lipinski definition) is 3. The average Bonchev–Trinajstić information content (AvgIpc) is 2.33. The maximum absolute atomic E-state index is 11.3. The Morgan fingerprint density at radius 2 is 2.06 bits per heavy atom. The van der Waals surface area contributed by atoms with Crippen molar-refractivity contribution in [3.05, 3.63) is 35.4 Å². The van der Waals surface area contributed by atoms with Gasteiger partial charge in [0.25, 0.3) is 0 Å². The third kappa shape index (κ3) is 4.97. The Balaban J connectivity index is 2.39. The molecule has 1 unspecified atom stereocenters. The number of benzene rings is 1. The summed E-state index contributed by atoms with van der Waals surface area (Å²) in [6, 6.07) is 7.46. The highest BCUT2D eigenvalue weighted by Gasteiger charge is 2.09. The smallest absolute Gasteiger partial charge is 0.239 e. The van der Waals surface area contributed by atoms with Crippen molar-refractivity contribution < 1.29 is 14.7 Å². The summed E-state index contributed by atoms with van der Waals surface area (Å²) >= 11 is 0. The van der Waals surface area contributed by atoms with Crippen LogP contribution >= 0.6 is 0 Å². The summed E-state index contributed by atoms with van der Waals surface area (Å²) in [5, 5.41) is 14.8. The van der Waals surface area contributed by atoms with Gasteiger partial charge in [-0.15, -0.1) is 0 Å². The van der Waals surface area contributed by atoms with Crippen molar-refractivity contribution in [2.24, 2.45) is 0 Å². The van der Waals surface area contributed by atoms with E-state index in [4.69, 9.17) is 0 Å². The Labute approximate surface area is 106 Å². The van der Waals surface area contributed by atoms with Gasteiger partial charge in [0.2, 0.25) is 11.8 Å². The Bertz CT molecular complexity index is 432. The summed E-state index contributed by atoms with van der Waals surface area (Å²) in [5.74, 6) is -0.582. The Hall–Kier alpha value is -1.88. The Morgan fingerprint density at radius 3 is 2.67 bits per heavy atom. The first-order valence-electron chi connectivity index (χ1n) is 5.75. The van der Waals surface area contributed by atoms with Gasteiger partial charge in [-0.3, -0.25) is 9.59 Å². The van der Waals surface area contributed by atoms with Crippen LogP contribution in [0.5, 0.6) is 0 Å². The van der Waals surface area contributed by atoms with Gasteiger partial charge in [-0.05, 0) is 12.5 Å². The fourth-order valence-corrected chi connectivity index (χ4v) is 1.47. The largest absolute Gasteiger partial charge is 0.387 e. The van der Waals surface area contributed by atoms with Crippen molar-refractivity contribution in [3.8, 4) is 0 Å². The van der Waals surface area contributed by atoms with E-state index in [-0.39, 0.29) is 24.9 Å². The molecule has 0 aliphatic rings. The van der Waals surface area contributed by atoms with Crippen LogP contribution in [0, 0.1) is 6.92 Å². The molecule has 0 aliphatic carbocycles. The van der Waals surface area contributed by atoms with E-state index in [0.29, 0.717) is 0 Å².